The van der Waals surface area contributed by atoms with Crippen LogP contribution in [0, 0.1) is 0 Å². The number of amides is 2. The van der Waals surface area contributed by atoms with Crippen LogP contribution < -0.4 is 11.1 Å². The van der Waals surface area contributed by atoms with Crippen molar-refractivity contribution < 1.29 is 22.4 Å². The minimum absolute atomic E-state index is 0.109. The van der Waals surface area contributed by atoms with Crippen LogP contribution in [0.3, 0.4) is 0 Å². The van der Waals surface area contributed by atoms with Gasteiger partial charge in [-0.25, -0.2) is 8.42 Å². The normalized spacial score (nSPS) is 11.6. The maximum Gasteiger partial charge on any atom is 0.248 e. The van der Waals surface area contributed by atoms with Crippen molar-refractivity contribution in [1.82, 2.24) is 4.31 Å². The maximum absolute atomic E-state index is 12.9. The van der Waals surface area contributed by atoms with E-state index in [1.165, 1.54) is 36.6 Å². The Kier molecular flexibility index (Phi) is 7.01. The van der Waals surface area contributed by atoms with Gasteiger partial charge >= 0.3 is 0 Å². The highest BCUT2D eigenvalue weighted by atomic mass is 32.2. The topological polar surface area (TPSA) is 123 Å². The van der Waals surface area contributed by atoms with Crippen molar-refractivity contribution in [2.24, 2.45) is 5.73 Å². The summed E-state index contributed by atoms with van der Waals surface area (Å²) in [7, 11) is -3.93. The van der Waals surface area contributed by atoms with Crippen LogP contribution in [0.1, 0.15) is 21.7 Å². The van der Waals surface area contributed by atoms with E-state index in [2.05, 4.69) is 5.32 Å². The predicted octanol–water partition coefficient (Wildman–Crippen LogP) is 2.82. The van der Waals surface area contributed by atoms with Gasteiger partial charge in [0, 0.05) is 16.7 Å². The number of nitrogens with zero attached hydrogens (tertiary/aromatic N) is 1. The fourth-order valence-corrected chi connectivity index (χ4v) is 3.81. The molecule has 8 nitrogen and oxygen atoms in total. The van der Waals surface area contributed by atoms with Gasteiger partial charge in [0.1, 0.15) is 5.76 Å². The number of hydrogen-bond donors (Lipinski definition) is 2. The summed E-state index contributed by atoms with van der Waals surface area (Å²) in [6.45, 7) is -0.539. The second-order valence-corrected chi connectivity index (χ2v) is 8.41. The van der Waals surface area contributed by atoms with E-state index >= 15 is 0 Å². The molecule has 3 rings (SSSR count). The summed E-state index contributed by atoms with van der Waals surface area (Å²) in [5.74, 6) is -0.732. The van der Waals surface area contributed by atoms with E-state index in [1.54, 1.807) is 36.4 Å². The summed E-state index contributed by atoms with van der Waals surface area (Å²) < 4.78 is 32.1. The first kappa shape index (κ1) is 22.0. The fraction of sp³-hybridized carbons (Fsp3) is 0.0909. The van der Waals surface area contributed by atoms with Crippen molar-refractivity contribution in [1.29, 1.82) is 0 Å². The van der Waals surface area contributed by atoms with E-state index in [9.17, 15) is 18.0 Å². The van der Waals surface area contributed by atoms with E-state index in [1.807, 2.05) is 6.07 Å². The summed E-state index contributed by atoms with van der Waals surface area (Å²) in [6.07, 6.45) is 2.89. The quantitative estimate of drug-likeness (QED) is 0.531. The molecule has 1 aromatic heterocycles. The second kappa shape index (κ2) is 9.88. The predicted molar refractivity (Wildman–Crippen MR) is 117 cm³/mol. The van der Waals surface area contributed by atoms with E-state index in [0.717, 1.165) is 9.71 Å². The molecular formula is C22H21N3O5S. The molecule has 0 saturated carbocycles. The van der Waals surface area contributed by atoms with E-state index < -0.39 is 28.4 Å². The standard InChI is InChI=1S/C22H21N3O5S/c23-22(27)18-8-10-19(11-9-18)24-21(26)16-25(15-20-7-4-13-30-20)31(28,29)14-12-17-5-2-1-3-6-17/h1-14H,15-16H2,(H2,23,27)(H,24,26). The molecule has 3 aromatic rings. The number of carbonyl (C=O) groups excluding carboxylic acids is 2. The van der Waals surface area contributed by atoms with E-state index in [-0.39, 0.29) is 6.54 Å². The van der Waals surface area contributed by atoms with Crippen molar-refractivity contribution in [3.8, 4) is 0 Å². The number of carbonyl (C=O) groups is 2. The molecule has 0 aliphatic heterocycles. The summed E-state index contributed by atoms with van der Waals surface area (Å²) in [6, 6.07) is 18.2. The zero-order valence-electron chi connectivity index (χ0n) is 16.5. The number of primary amides is 1. The van der Waals surface area contributed by atoms with Gasteiger partial charge < -0.3 is 15.5 Å². The van der Waals surface area contributed by atoms with Crippen molar-refractivity contribution in [2.45, 2.75) is 6.54 Å². The fourth-order valence-electron chi connectivity index (χ4n) is 2.71. The van der Waals surface area contributed by atoms with Gasteiger partial charge in [0.25, 0.3) is 0 Å². The summed E-state index contributed by atoms with van der Waals surface area (Å²) in [5.41, 5.74) is 6.61. The largest absolute Gasteiger partial charge is 0.468 e. The molecule has 2 amide bonds. The number of nitrogens with one attached hydrogen (secondary N) is 1. The average molecular weight is 439 g/mol. The molecule has 0 bridgehead atoms. The number of sulfonamides is 1. The van der Waals surface area contributed by atoms with Gasteiger partial charge in [-0.05, 0) is 48.0 Å². The number of furan rings is 1. The Labute approximate surface area is 180 Å². The van der Waals surface area contributed by atoms with Crippen molar-refractivity contribution in [3.63, 3.8) is 0 Å². The van der Waals surface area contributed by atoms with Crippen LogP contribution in [0.25, 0.3) is 6.08 Å². The van der Waals surface area contributed by atoms with Crippen LogP contribution >= 0.6 is 0 Å². The van der Waals surface area contributed by atoms with Gasteiger partial charge in [-0.1, -0.05) is 30.3 Å². The third-order valence-corrected chi connectivity index (χ3v) is 5.74. The molecule has 0 saturated heterocycles. The van der Waals surface area contributed by atoms with Crippen LogP contribution in [-0.4, -0.2) is 31.1 Å². The van der Waals surface area contributed by atoms with Crippen LogP contribution in [0.2, 0.25) is 0 Å². The molecule has 160 valence electrons. The van der Waals surface area contributed by atoms with Crippen LogP contribution in [0.5, 0.6) is 0 Å². The van der Waals surface area contributed by atoms with Gasteiger partial charge in [-0.3, -0.25) is 9.59 Å². The van der Waals surface area contributed by atoms with Gasteiger partial charge in [0.15, 0.2) is 0 Å². The molecule has 9 heteroatoms. The second-order valence-electron chi connectivity index (χ2n) is 6.60. The van der Waals surface area contributed by atoms with E-state index in [0.29, 0.717) is 22.6 Å². The molecule has 3 N–H and O–H groups in total. The highest BCUT2D eigenvalue weighted by Crippen LogP contribution is 2.15. The first-order chi connectivity index (χ1) is 14.8. The molecule has 0 spiro atoms. The van der Waals surface area contributed by atoms with Crippen LogP contribution in [0.15, 0.2) is 82.8 Å². The summed E-state index contributed by atoms with van der Waals surface area (Å²) in [4.78, 5) is 23.7. The molecule has 1 heterocycles. The highest BCUT2D eigenvalue weighted by molar-refractivity contribution is 7.92. The maximum atomic E-state index is 12.9. The molecule has 0 aliphatic carbocycles. The zero-order valence-corrected chi connectivity index (χ0v) is 17.3. The summed E-state index contributed by atoms with van der Waals surface area (Å²) in [5, 5.41) is 3.67. The smallest absolute Gasteiger partial charge is 0.248 e. The lowest BCUT2D eigenvalue weighted by atomic mass is 10.2. The molecule has 2 aromatic carbocycles. The lowest BCUT2D eigenvalue weighted by molar-refractivity contribution is -0.116. The molecule has 31 heavy (non-hydrogen) atoms. The molecule has 0 fully saturated rings. The number of rotatable bonds is 9. The number of hydrogen-bond acceptors (Lipinski definition) is 5. The van der Waals surface area contributed by atoms with Gasteiger partial charge in [0.2, 0.25) is 21.8 Å². The Morgan fingerprint density at radius 2 is 1.71 bits per heavy atom. The van der Waals surface area contributed by atoms with Crippen molar-refractivity contribution >= 4 is 33.6 Å². The molecule has 0 atom stereocenters. The summed E-state index contributed by atoms with van der Waals surface area (Å²) >= 11 is 0. The third kappa shape index (κ3) is 6.39. The Balaban J connectivity index is 1.75. The van der Waals surface area contributed by atoms with Gasteiger partial charge in [-0.15, -0.1) is 0 Å². The van der Waals surface area contributed by atoms with Crippen LogP contribution in [-0.2, 0) is 21.4 Å². The molecule has 0 aliphatic rings. The average Bonchev–Trinajstić information content (AvgIpc) is 3.26. The molecular weight excluding hydrogens is 418 g/mol. The Bertz CT molecular complexity index is 1160. The first-order valence-electron chi connectivity index (χ1n) is 9.29. The van der Waals surface area contributed by atoms with Crippen molar-refractivity contribution in [3.05, 3.63) is 95.3 Å². The lowest BCUT2D eigenvalue weighted by Crippen LogP contribution is -2.36. The minimum atomic E-state index is -3.93. The zero-order chi connectivity index (χ0) is 22.3. The number of benzene rings is 2. The molecule has 0 unspecified atom stereocenters. The van der Waals surface area contributed by atoms with Gasteiger partial charge in [-0.2, -0.15) is 4.31 Å². The molecule has 0 radical (unpaired) electrons. The SMILES string of the molecule is NC(=O)c1ccc(NC(=O)CN(Cc2ccco2)S(=O)(=O)C=Cc2ccccc2)cc1. The van der Waals surface area contributed by atoms with E-state index in [4.69, 9.17) is 10.2 Å². The third-order valence-electron chi connectivity index (χ3n) is 4.28. The Hall–Kier alpha value is -3.69. The highest BCUT2D eigenvalue weighted by Gasteiger charge is 2.24. The van der Waals surface area contributed by atoms with Crippen molar-refractivity contribution in [2.75, 3.05) is 11.9 Å². The first-order valence-corrected chi connectivity index (χ1v) is 10.8. The monoisotopic (exact) mass is 439 g/mol. The Morgan fingerprint density at radius 1 is 1.00 bits per heavy atom. The lowest BCUT2D eigenvalue weighted by Gasteiger charge is -2.19. The van der Waals surface area contributed by atoms with Gasteiger partial charge in [0.05, 0.1) is 19.4 Å². The van der Waals surface area contributed by atoms with Crippen LogP contribution in [0.4, 0.5) is 5.69 Å². The number of nitrogens with two attached hydrogens (primary N) is 1. The Morgan fingerprint density at radius 3 is 2.32 bits per heavy atom. The minimum Gasteiger partial charge on any atom is -0.468 e. The number of anilines is 1.